The molecule has 0 unspecified atom stereocenters. The van der Waals surface area contributed by atoms with Gasteiger partial charge in [0.15, 0.2) is 9.84 Å². The van der Waals surface area contributed by atoms with Gasteiger partial charge in [-0.15, -0.1) is 0 Å². The van der Waals surface area contributed by atoms with Crippen molar-refractivity contribution in [2.45, 2.75) is 39.5 Å². The van der Waals surface area contributed by atoms with Crippen LogP contribution in [0.25, 0.3) is 11.5 Å². The highest BCUT2D eigenvalue weighted by Gasteiger charge is 2.30. The second kappa shape index (κ2) is 9.62. The van der Waals surface area contributed by atoms with E-state index in [9.17, 15) is 13.2 Å². The van der Waals surface area contributed by atoms with Crippen molar-refractivity contribution in [3.8, 4) is 11.5 Å². The maximum atomic E-state index is 12.9. The van der Waals surface area contributed by atoms with Crippen molar-refractivity contribution >= 4 is 21.4 Å². The number of piperazine rings is 1. The van der Waals surface area contributed by atoms with Crippen molar-refractivity contribution in [3.63, 3.8) is 0 Å². The van der Waals surface area contributed by atoms with Crippen molar-refractivity contribution in [3.05, 3.63) is 71.1 Å². The van der Waals surface area contributed by atoms with Crippen LogP contribution in [-0.2, 0) is 20.4 Å². The molecule has 0 bridgehead atoms. The molecule has 3 aromatic rings. The Morgan fingerprint density at radius 1 is 1.09 bits per heavy atom. The van der Waals surface area contributed by atoms with Gasteiger partial charge in [-0.2, -0.15) is 0 Å². The zero-order chi connectivity index (χ0) is 24.5. The van der Waals surface area contributed by atoms with E-state index < -0.39 is 15.6 Å². The van der Waals surface area contributed by atoms with E-state index in [4.69, 9.17) is 4.42 Å². The zero-order valence-corrected chi connectivity index (χ0v) is 20.9. The zero-order valence-electron chi connectivity index (χ0n) is 20.1. The van der Waals surface area contributed by atoms with E-state index in [0.29, 0.717) is 37.0 Å². The second-order valence-electron chi connectivity index (χ2n) is 9.09. The van der Waals surface area contributed by atoms with Gasteiger partial charge in [0.05, 0.1) is 11.4 Å². The largest absolute Gasteiger partial charge is 0.441 e. The quantitative estimate of drug-likeness (QED) is 0.531. The third-order valence-electron chi connectivity index (χ3n) is 6.28. The number of benzene rings is 2. The van der Waals surface area contributed by atoms with Gasteiger partial charge in [-0.3, -0.25) is 4.79 Å². The van der Waals surface area contributed by atoms with Crippen LogP contribution in [0.5, 0.6) is 0 Å². The van der Waals surface area contributed by atoms with Gasteiger partial charge >= 0.3 is 0 Å². The molecule has 0 radical (unpaired) electrons. The second-order valence-corrected chi connectivity index (χ2v) is 11.2. The Labute approximate surface area is 201 Å². The van der Waals surface area contributed by atoms with Gasteiger partial charge in [0.2, 0.25) is 11.8 Å². The lowest BCUT2D eigenvalue weighted by Gasteiger charge is -2.41. The van der Waals surface area contributed by atoms with Crippen molar-refractivity contribution < 1.29 is 17.6 Å². The number of sulfone groups is 1. The summed E-state index contributed by atoms with van der Waals surface area (Å²) in [5, 5.41) is 0. The van der Waals surface area contributed by atoms with Gasteiger partial charge in [-0.05, 0) is 57.0 Å². The number of aromatic nitrogens is 1. The van der Waals surface area contributed by atoms with Crippen LogP contribution in [0, 0.1) is 20.8 Å². The summed E-state index contributed by atoms with van der Waals surface area (Å²) in [7, 11) is -3.70. The molecular formula is C26H31N3O4S. The minimum absolute atomic E-state index is 0.0941. The van der Waals surface area contributed by atoms with Crippen molar-refractivity contribution in [2.24, 2.45) is 0 Å². The van der Waals surface area contributed by atoms with Crippen LogP contribution in [0.2, 0.25) is 0 Å². The fourth-order valence-electron chi connectivity index (χ4n) is 4.40. The predicted octanol–water partition coefficient (Wildman–Crippen LogP) is 3.92. The number of amides is 1. The molecule has 1 atom stereocenters. The summed E-state index contributed by atoms with van der Waals surface area (Å²) in [5.41, 5.74) is 4.47. The number of anilines is 1. The number of carbonyl (C=O) groups is 1. The SMILES string of the molecule is Cc1cccc(N2CCN(C(=O)CS(=O)(=O)Cc3nc(-c4ccccc4C)oc3C)C[C@H]2C)c1. The number of oxazole rings is 1. The Balaban J connectivity index is 1.40. The van der Waals surface area contributed by atoms with Crippen LogP contribution in [-0.4, -0.2) is 55.6 Å². The monoisotopic (exact) mass is 481 g/mol. The molecule has 2 aromatic carbocycles. The molecule has 1 fully saturated rings. The van der Waals surface area contributed by atoms with Gasteiger partial charge in [-0.1, -0.05) is 30.3 Å². The van der Waals surface area contributed by atoms with Crippen LogP contribution in [0.1, 0.15) is 29.5 Å². The summed E-state index contributed by atoms with van der Waals surface area (Å²) in [6.45, 7) is 9.41. The molecule has 2 heterocycles. The highest BCUT2D eigenvalue weighted by Crippen LogP contribution is 2.26. The van der Waals surface area contributed by atoms with Crippen LogP contribution in [0.15, 0.2) is 52.9 Å². The van der Waals surface area contributed by atoms with E-state index in [2.05, 4.69) is 41.9 Å². The number of nitrogens with zero attached hydrogens (tertiary/aromatic N) is 3. The molecule has 1 saturated heterocycles. The summed E-state index contributed by atoms with van der Waals surface area (Å²) in [6, 6.07) is 16.0. The first-order valence-corrected chi connectivity index (χ1v) is 13.3. The predicted molar refractivity (Wildman–Crippen MR) is 133 cm³/mol. The smallest absolute Gasteiger partial charge is 0.237 e. The lowest BCUT2D eigenvalue weighted by atomic mass is 10.1. The summed E-state index contributed by atoms with van der Waals surface area (Å²) in [5.74, 6) is -0.367. The summed E-state index contributed by atoms with van der Waals surface area (Å²) in [4.78, 5) is 21.2. The fraction of sp³-hybridized carbons (Fsp3) is 0.385. The van der Waals surface area contributed by atoms with Crippen molar-refractivity contribution in [1.29, 1.82) is 0 Å². The lowest BCUT2D eigenvalue weighted by Crippen LogP contribution is -2.54. The molecule has 34 heavy (non-hydrogen) atoms. The molecule has 0 saturated carbocycles. The van der Waals surface area contributed by atoms with Crippen LogP contribution in [0.4, 0.5) is 5.69 Å². The molecule has 1 amide bonds. The van der Waals surface area contributed by atoms with E-state index in [1.165, 1.54) is 5.56 Å². The maximum Gasteiger partial charge on any atom is 0.237 e. The molecule has 7 nitrogen and oxygen atoms in total. The summed E-state index contributed by atoms with van der Waals surface area (Å²) in [6.07, 6.45) is 0. The molecule has 0 N–H and O–H groups in total. The Morgan fingerprint density at radius 3 is 2.56 bits per heavy atom. The normalized spacial score (nSPS) is 16.6. The molecular weight excluding hydrogens is 450 g/mol. The molecule has 1 aliphatic heterocycles. The highest BCUT2D eigenvalue weighted by atomic mass is 32.2. The third-order valence-corrected chi connectivity index (χ3v) is 7.68. The molecule has 0 aliphatic carbocycles. The Bertz CT molecular complexity index is 1300. The van der Waals surface area contributed by atoms with Gasteiger partial charge in [0.25, 0.3) is 0 Å². The third kappa shape index (κ3) is 5.33. The summed E-state index contributed by atoms with van der Waals surface area (Å²) < 4.78 is 31.5. The number of hydrogen-bond donors (Lipinski definition) is 0. The van der Waals surface area contributed by atoms with E-state index in [-0.39, 0.29) is 17.7 Å². The Hall–Kier alpha value is -3.13. The molecule has 0 spiro atoms. The maximum absolute atomic E-state index is 12.9. The average molecular weight is 482 g/mol. The van der Waals surface area contributed by atoms with Gasteiger partial charge < -0.3 is 14.2 Å². The summed E-state index contributed by atoms with van der Waals surface area (Å²) >= 11 is 0. The number of hydrogen-bond acceptors (Lipinski definition) is 6. The Morgan fingerprint density at radius 2 is 1.85 bits per heavy atom. The lowest BCUT2D eigenvalue weighted by molar-refractivity contribution is -0.129. The van der Waals surface area contributed by atoms with E-state index >= 15 is 0 Å². The number of rotatable bonds is 6. The van der Waals surface area contributed by atoms with Crippen molar-refractivity contribution in [2.75, 3.05) is 30.3 Å². The first-order chi connectivity index (χ1) is 16.1. The standard InChI is InChI=1S/C26H31N3O4S/c1-18-8-7-10-22(14-18)29-13-12-28(15-20(29)3)25(30)17-34(31,32)16-24-21(4)33-26(27-24)23-11-6-5-9-19(23)2/h5-11,14,20H,12-13,15-17H2,1-4H3/t20-/m1/s1. The Kier molecular flexibility index (Phi) is 6.79. The van der Waals surface area contributed by atoms with Gasteiger partial charge in [0.1, 0.15) is 11.5 Å². The van der Waals surface area contributed by atoms with Crippen LogP contribution < -0.4 is 4.90 Å². The van der Waals surface area contributed by atoms with Gasteiger partial charge in [0, 0.05) is 36.9 Å². The topological polar surface area (TPSA) is 83.7 Å². The molecule has 4 rings (SSSR count). The first-order valence-electron chi connectivity index (χ1n) is 11.5. The van der Waals surface area contributed by atoms with E-state index in [1.807, 2.05) is 37.3 Å². The number of carbonyl (C=O) groups excluding carboxylic acids is 1. The molecule has 8 heteroatoms. The average Bonchev–Trinajstić information content (AvgIpc) is 3.12. The van der Waals surface area contributed by atoms with Crippen LogP contribution >= 0.6 is 0 Å². The van der Waals surface area contributed by atoms with Gasteiger partial charge in [-0.25, -0.2) is 13.4 Å². The molecule has 180 valence electrons. The molecule has 1 aliphatic rings. The minimum atomic E-state index is -3.70. The fourth-order valence-corrected chi connectivity index (χ4v) is 5.75. The highest BCUT2D eigenvalue weighted by molar-refractivity contribution is 7.91. The van der Waals surface area contributed by atoms with Crippen LogP contribution in [0.3, 0.4) is 0 Å². The first kappa shape index (κ1) is 24.0. The minimum Gasteiger partial charge on any atom is -0.441 e. The van der Waals surface area contributed by atoms with E-state index in [1.54, 1.807) is 11.8 Å². The van der Waals surface area contributed by atoms with Crippen molar-refractivity contribution in [1.82, 2.24) is 9.88 Å². The van der Waals surface area contributed by atoms with E-state index in [0.717, 1.165) is 16.8 Å². The number of aryl methyl sites for hydroxylation is 3. The molecule has 1 aromatic heterocycles.